The van der Waals surface area contributed by atoms with Crippen LogP contribution in [0.2, 0.25) is 0 Å². The summed E-state index contributed by atoms with van der Waals surface area (Å²) in [6.45, 7) is 2.41. The Morgan fingerprint density at radius 1 is 1.26 bits per heavy atom. The molecule has 4 rings (SSSR count). The van der Waals surface area contributed by atoms with Crippen molar-refractivity contribution in [1.82, 2.24) is 19.7 Å². The van der Waals surface area contributed by atoms with Crippen molar-refractivity contribution in [3.8, 4) is 0 Å². The van der Waals surface area contributed by atoms with Crippen molar-refractivity contribution in [2.24, 2.45) is 7.05 Å². The maximum Gasteiger partial charge on any atom is 0.416 e. The smallest absolute Gasteiger partial charge is 0.416 e. The molecule has 0 saturated carbocycles. The molecule has 1 amide bonds. The van der Waals surface area contributed by atoms with Gasteiger partial charge in [0.15, 0.2) is 5.82 Å². The molecule has 0 aliphatic carbocycles. The fourth-order valence-corrected chi connectivity index (χ4v) is 4.36. The van der Waals surface area contributed by atoms with Crippen molar-refractivity contribution in [3.63, 3.8) is 0 Å². The Hall–Kier alpha value is -3.83. The van der Waals surface area contributed by atoms with Crippen molar-refractivity contribution < 1.29 is 23.1 Å². The lowest BCUT2D eigenvalue weighted by atomic mass is 9.93. The number of pyridine rings is 1. The molecule has 1 aliphatic rings. The number of hydrogen-bond donors (Lipinski definition) is 3. The number of hydrogen-bond acceptors (Lipinski definition) is 6. The zero-order chi connectivity index (χ0) is 25.5. The largest absolute Gasteiger partial charge is 0.465 e. The minimum atomic E-state index is -4.55. The fourth-order valence-electron chi connectivity index (χ4n) is 4.36. The number of rotatable bonds is 4. The summed E-state index contributed by atoms with van der Waals surface area (Å²) in [5.74, 6) is 0.141. The van der Waals surface area contributed by atoms with Crippen molar-refractivity contribution in [2.75, 3.05) is 24.1 Å². The van der Waals surface area contributed by atoms with Crippen LogP contribution in [0, 0.1) is 0 Å². The van der Waals surface area contributed by atoms with Crippen molar-refractivity contribution >= 4 is 28.4 Å². The molecule has 3 aromatic rings. The lowest BCUT2D eigenvalue weighted by Crippen LogP contribution is -2.38. The average Bonchev–Trinajstić information content (AvgIpc) is 2.81. The number of nitrogens with one attached hydrogen (secondary N) is 1. The Morgan fingerprint density at radius 3 is 2.69 bits per heavy atom. The molecule has 2 atom stereocenters. The average molecular weight is 490 g/mol. The SMILES string of the molecule is CC(Nc1nn(C)c(=O)c2cnc(C3CCCN(C(=O)O)C3)cc12)c1cc(N)cc(C(F)(F)F)c1. The maximum absolute atomic E-state index is 13.3. The van der Waals surface area contributed by atoms with E-state index < -0.39 is 23.9 Å². The summed E-state index contributed by atoms with van der Waals surface area (Å²) < 4.78 is 40.9. The lowest BCUT2D eigenvalue weighted by Gasteiger charge is -2.30. The molecule has 2 unspecified atom stereocenters. The molecule has 0 radical (unpaired) electrons. The molecule has 4 N–H and O–H groups in total. The maximum atomic E-state index is 13.3. The Labute approximate surface area is 198 Å². The third-order valence-electron chi connectivity index (χ3n) is 6.22. The Balaban J connectivity index is 1.73. The van der Waals surface area contributed by atoms with Gasteiger partial charge >= 0.3 is 12.3 Å². The van der Waals surface area contributed by atoms with Gasteiger partial charge in [0.2, 0.25) is 0 Å². The highest BCUT2D eigenvalue weighted by molar-refractivity contribution is 5.91. The first-order valence-corrected chi connectivity index (χ1v) is 11.0. The van der Waals surface area contributed by atoms with Gasteiger partial charge in [-0.1, -0.05) is 0 Å². The number of aryl methyl sites for hydroxylation is 1. The number of fused-ring (bicyclic) bond motifs is 1. The number of anilines is 2. The van der Waals surface area contributed by atoms with E-state index in [2.05, 4.69) is 15.4 Å². The van der Waals surface area contributed by atoms with Gasteiger partial charge in [-0.05, 0) is 49.6 Å². The van der Waals surface area contributed by atoms with Gasteiger partial charge in [-0.3, -0.25) is 9.78 Å². The second kappa shape index (κ2) is 9.08. The number of amides is 1. The standard InChI is InChI=1S/C23H25F3N6O3/c1-12(14-6-15(23(24,25)26)8-16(27)7-14)29-20-17-9-19(13-4-3-5-32(11-13)22(34)35)28-10-18(17)21(33)31(2)30-20/h6-10,12-13H,3-5,11,27H2,1-2H3,(H,29,30)(H,34,35). The van der Waals surface area contributed by atoms with Crippen LogP contribution in [0.25, 0.3) is 10.8 Å². The van der Waals surface area contributed by atoms with E-state index in [1.54, 1.807) is 13.0 Å². The van der Waals surface area contributed by atoms with Gasteiger partial charge in [-0.15, -0.1) is 0 Å². The first-order valence-electron chi connectivity index (χ1n) is 11.0. The van der Waals surface area contributed by atoms with Gasteiger partial charge in [0, 0.05) is 49.0 Å². The van der Waals surface area contributed by atoms with Crippen LogP contribution in [0.5, 0.6) is 0 Å². The molecule has 186 valence electrons. The number of halogens is 3. The predicted molar refractivity (Wildman–Crippen MR) is 124 cm³/mol. The number of benzene rings is 1. The first kappa shape index (κ1) is 24.3. The summed E-state index contributed by atoms with van der Waals surface area (Å²) in [7, 11) is 1.47. The van der Waals surface area contributed by atoms with Crippen molar-refractivity contribution in [2.45, 2.75) is 37.9 Å². The predicted octanol–water partition coefficient (Wildman–Crippen LogP) is 3.96. The topological polar surface area (TPSA) is 126 Å². The summed E-state index contributed by atoms with van der Waals surface area (Å²) in [5.41, 5.74) is 5.39. The summed E-state index contributed by atoms with van der Waals surface area (Å²) in [4.78, 5) is 29.8. The number of nitrogens with zero attached hydrogens (tertiary/aromatic N) is 4. The number of carboxylic acid groups (broad SMARTS) is 1. The highest BCUT2D eigenvalue weighted by Gasteiger charge is 2.31. The van der Waals surface area contributed by atoms with Crippen LogP contribution in [-0.2, 0) is 13.2 Å². The molecule has 0 spiro atoms. The van der Waals surface area contributed by atoms with E-state index in [1.807, 2.05) is 0 Å². The van der Waals surface area contributed by atoms with E-state index >= 15 is 0 Å². The minimum Gasteiger partial charge on any atom is -0.465 e. The van der Waals surface area contributed by atoms with Gasteiger partial charge in [-0.25, -0.2) is 9.48 Å². The Bertz CT molecular complexity index is 1340. The van der Waals surface area contributed by atoms with E-state index in [9.17, 15) is 27.9 Å². The van der Waals surface area contributed by atoms with Crippen LogP contribution < -0.4 is 16.6 Å². The van der Waals surface area contributed by atoms with E-state index in [-0.39, 0.29) is 29.1 Å². The van der Waals surface area contributed by atoms with Crippen LogP contribution >= 0.6 is 0 Å². The van der Waals surface area contributed by atoms with Crippen LogP contribution in [0.1, 0.15) is 48.5 Å². The molecule has 2 aromatic heterocycles. The monoisotopic (exact) mass is 490 g/mol. The Morgan fingerprint density at radius 2 is 2.00 bits per heavy atom. The normalized spacial score (nSPS) is 17.4. The number of likely N-dealkylation sites (tertiary alicyclic amines) is 1. The fraction of sp³-hybridized carbons (Fsp3) is 0.391. The minimum absolute atomic E-state index is 0.0199. The second-order valence-electron chi connectivity index (χ2n) is 8.75. The molecule has 1 saturated heterocycles. The third-order valence-corrected chi connectivity index (χ3v) is 6.22. The van der Waals surface area contributed by atoms with Crippen LogP contribution in [0.4, 0.5) is 29.5 Å². The number of aromatic nitrogens is 3. The van der Waals surface area contributed by atoms with Gasteiger partial charge in [-0.2, -0.15) is 18.3 Å². The second-order valence-corrected chi connectivity index (χ2v) is 8.75. The molecule has 3 heterocycles. The van der Waals surface area contributed by atoms with Crippen LogP contribution in [0.3, 0.4) is 0 Å². The quantitative estimate of drug-likeness (QED) is 0.473. The summed E-state index contributed by atoms with van der Waals surface area (Å²) in [6, 6.07) is 4.43. The zero-order valence-corrected chi connectivity index (χ0v) is 19.1. The summed E-state index contributed by atoms with van der Waals surface area (Å²) >= 11 is 0. The van der Waals surface area contributed by atoms with Crippen molar-refractivity contribution in [1.29, 1.82) is 0 Å². The van der Waals surface area contributed by atoms with Gasteiger partial charge in [0.1, 0.15) is 0 Å². The van der Waals surface area contributed by atoms with E-state index in [1.165, 1.54) is 24.2 Å². The molecular weight excluding hydrogens is 465 g/mol. The lowest BCUT2D eigenvalue weighted by molar-refractivity contribution is -0.137. The number of nitrogens with two attached hydrogens (primary N) is 1. The highest BCUT2D eigenvalue weighted by Crippen LogP contribution is 2.34. The molecule has 35 heavy (non-hydrogen) atoms. The molecule has 12 heteroatoms. The van der Waals surface area contributed by atoms with Crippen LogP contribution in [0.15, 0.2) is 35.3 Å². The van der Waals surface area contributed by atoms with Crippen molar-refractivity contribution in [3.05, 3.63) is 57.6 Å². The summed E-state index contributed by atoms with van der Waals surface area (Å²) in [5, 5.41) is 17.5. The molecule has 0 bridgehead atoms. The highest BCUT2D eigenvalue weighted by atomic mass is 19.4. The molecule has 1 aromatic carbocycles. The number of piperidine rings is 1. The van der Waals surface area contributed by atoms with Gasteiger partial charge in [0.05, 0.1) is 17.0 Å². The Kier molecular flexibility index (Phi) is 6.30. The summed E-state index contributed by atoms with van der Waals surface area (Å²) in [6.07, 6.45) is -2.68. The first-order chi connectivity index (χ1) is 16.4. The zero-order valence-electron chi connectivity index (χ0n) is 19.1. The number of carbonyl (C=O) groups is 1. The third kappa shape index (κ3) is 5.00. The van der Waals surface area contributed by atoms with Gasteiger partial charge in [0.25, 0.3) is 5.56 Å². The molecular formula is C23H25F3N6O3. The number of alkyl halides is 3. The van der Waals surface area contributed by atoms with Crippen LogP contribution in [-0.4, -0.2) is 44.0 Å². The molecule has 1 aliphatic heterocycles. The van der Waals surface area contributed by atoms with E-state index in [0.717, 1.165) is 23.2 Å². The van der Waals surface area contributed by atoms with Gasteiger partial charge < -0.3 is 21.1 Å². The number of nitrogen functional groups attached to an aromatic ring is 1. The molecule has 1 fully saturated rings. The van der Waals surface area contributed by atoms with E-state index in [4.69, 9.17) is 5.73 Å². The van der Waals surface area contributed by atoms with E-state index in [0.29, 0.717) is 35.4 Å². The molecule has 9 nitrogen and oxygen atoms in total.